The van der Waals surface area contributed by atoms with Crippen LogP contribution in [0.1, 0.15) is 36.4 Å². The average Bonchev–Trinajstić information content (AvgIpc) is 2.47. The van der Waals surface area contributed by atoms with Crippen molar-refractivity contribution in [1.82, 2.24) is 5.32 Å². The highest BCUT2D eigenvalue weighted by Gasteiger charge is 2.37. The average molecular weight is 189 g/mol. The molecular weight excluding hydrogens is 166 g/mol. The molecule has 1 aliphatic heterocycles. The van der Waals surface area contributed by atoms with Gasteiger partial charge in [0.2, 0.25) is 0 Å². The molecular formula is C10H21NO2. The first kappa shape index (κ1) is 8.21. The van der Waals surface area contributed by atoms with Gasteiger partial charge in [0.15, 0.2) is 5.79 Å². The van der Waals surface area contributed by atoms with Gasteiger partial charge in [0.1, 0.15) is 0 Å². The molecule has 0 aromatic rings. The molecule has 0 amide bonds. The van der Waals surface area contributed by atoms with Crippen LogP contribution < -0.4 is 5.32 Å². The van der Waals surface area contributed by atoms with E-state index in [-0.39, 0.29) is 6.04 Å². The van der Waals surface area contributed by atoms with E-state index in [4.69, 9.17) is 12.2 Å². The van der Waals surface area contributed by atoms with Gasteiger partial charge in [0, 0.05) is 16.0 Å². The maximum atomic E-state index is 7.61. The fourth-order valence-corrected chi connectivity index (χ4v) is 1.69. The van der Waals surface area contributed by atoms with Gasteiger partial charge in [-0.2, -0.15) is 0 Å². The molecule has 1 atom stereocenters. The maximum absolute atomic E-state index is 7.61. The molecule has 1 saturated heterocycles. The normalized spacial score (nSPS) is 29.9. The van der Waals surface area contributed by atoms with Crippen LogP contribution in [0, 0.1) is 0 Å². The topological polar surface area (TPSA) is 30.5 Å². The molecule has 1 N–H and O–H groups in total. The molecule has 0 aliphatic carbocycles. The molecule has 3 nitrogen and oxygen atoms in total. The summed E-state index contributed by atoms with van der Waals surface area (Å²) in [5.74, 6) is -0.715. The second-order valence-corrected chi connectivity index (χ2v) is 3.29. The Hall–Kier alpha value is -0.120. The van der Waals surface area contributed by atoms with E-state index in [0.717, 1.165) is 6.42 Å². The first-order valence-electron chi connectivity index (χ1n) is 5.99. The lowest BCUT2D eigenvalue weighted by atomic mass is 10.1. The van der Waals surface area contributed by atoms with Crippen LogP contribution in [0.5, 0.6) is 0 Å². The summed E-state index contributed by atoms with van der Waals surface area (Å²) < 4.78 is 26.4. The van der Waals surface area contributed by atoms with Gasteiger partial charge in [-0.05, 0) is 40.1 Å². The third kappa shape index (κ3) is 2.66. The van der Waals surface area contributed by atoms with Crippen LogP contribution in [0.4, 0.5) is 0 Å². The monoisotopic (exact) mass is 189 g/mol. The lowest BCUT2D eigenvalue weighted by molar-refractivity contribution is -0.235. The summed E-state index contributed by atoms with van der Waals surface area (Å²) in [6.07, 6.45) is 1.25. The fraction of sp³-hybridized carbons (Fsp3) is 1.00. The summed E-state index contributed by atoms with van der Waals surface area (Å²) in [6.45, 7) is 5.55. The molecule has 0 saturated carbocycles. The highest BCUT2D eigenvalue weighted by molar-refractivity contribution is 4.86. The van der Waals surface area contributed by atoms with Gasteiger partial charge < -0.3 is 14.8 Å². The summed E-state index contributed by atoms with van der Waals surface area (Å²) >= 11 is 0. The highest BCUT2D eigenvalue weighted by Crippen LogP contribution is 2.24. The summed E-state index contributed by atoms with van der Waals surface area (Å²) in [6, 6.07) is -0.0765. The quantitative estimate of drug-likeness (QED) is 0.665. The zero-order chi connectivity index (χ0) is 11.5. The second-order valence-electron chi connectivity index (χ2n) is 3.29. The van der Waals surface area contributed by atoms with Crippen LogP contribution in [-0.4, -0.2) is 31.5 Å². The molecule has 0 spiro atoms. The van der Waals surface area contributed by atoms with Crippen molar-refractivity contribution in [2.24, 2.45) is 0 Å². The van der Waals surface area contributed by atoms with Crippen LogP contribution in [0.3, 0.4) is 0 Å². The zero-order valence-corrected chi connectivity index (χ0v) is 8.72. The van der Waals surface area contributed by atoms with Gasteiger partial charge in [-0.3, -0.25) is 0 Å². The molecule has 3 heteroatoms. The Morgan fingerprint density at radius 1 is 1.46 bits per heavy atom. The largest absolute Gasteiger partial charge is 0.349 e. The van der Waals surface area contributed by atoms with E-state index in [2.05, 4.69) is 5.32 Å². The van der Waals surface area contributed by atoms with Crippen molar-refractivity contribution in [3.8, 4) is 0 Å². The first-order valence-corrected chi connectivity index (χ1v) is 4.99. The number of rotatable bonds is 5. The summed E-state index contributed by atoms with van der Waals surface area (Å²) in [4.78, 5) is 0. The van der Waals surface area contributed by atoms with E-state index in [9.17, 15) is 0 Å². The highest BCUT2D eigenvalue weighted by atomic mass is 16.7. The van der Waals surface area contributed by atoms with Crippen LogP contribution in [-0.2, 0) is 9.47 Å². The van der Waals surface area contributed by atoms with Gasteiger partial charge in [0.25, 0.3) is 0 Å². The zero-order valence-electron chi connectivity index (χ0n) is 10.7. The number of nitrogens with one attached hydrogen (secondary N) is 1. The third-order valence-electron chi connectivity index (χ3n) is 2.33. The van der Waals surface area contributed by atoms with Crippen LogP contribution in [0.2, 0.25) is 0 Å². The summed E-state index contributed by atoms with van der Waals surface area (Å²) in [5.41, 5.74) is 0. The van der Waals surface area contributed by atoms with Crippen LogP contribution in [0.25, 0.3) is 0 Å². The van der Waals surface area contributed by atoms with Gasteiger partial charge in [-0.1, -0.05) is 0 Å². The predicted molar refractivity (Wildman–Crippen MR) is 52.7 cm³/mol. The molecule has 1 rings (SSSR count). The Bertz CT molecular complexity index is 206. The van der Waals surface area contributed by atoms with E-state index in [1.165, 1.54) is 0 Å². The van der Waals surface area contributed by atoms with Crippen molar-refractivity contribution in [3.05, 3.63) is 0 Å². The van der Waals surface area contributed by atoms with E-state index in [1.54, 1.807) is 0 Å². The maximum Gasteiger partial charge on any atom is 0.180 e. The van der Waals surface area contributed by atoms with Crippen molar-refractivity contribution in [3.63, 3.8) is 0 Å². The van der Waals surface area contributed by atoms with Gasteiger partial charge in [-0.15, -0.1) is 0 Å². The van der Waals surface area contributed by atoms with Crippen molar-refractivity contribution in [1.29, 1.82) is 0 Å². The van der Waals surface area contributed by atoms with Gasteiger partial charge in [0.05, 0.1) is 6.04 Å². The van der Waals surface area contributed by atoms with Crippen LogP contribution >= 0.6 is 0 Å². The molecule has 1 unspecified atom stereocenters. The fourth-order valence-electron chi connectivity index (χ4n) is 1.69. The minimum atomic E-state index is -1.29. The standard InChI is InChI=1S/C10H21NO2/c1-4-12-10(3,13-5-2)9-7-6-8-11-9/h9,11H,4-8H2,1-3H3/i8D2. The lowest BCUT2D eigenvalue weighted by Gasteiger charge is -2.34. The van der Waals surface area contributed by atoms with E-state index in [1.807, 2.05) is 20.8 Å². The van der Waals surface area contributed by atoms with Crippen molar-refractivity contribution < 1.29 is 12.2 Å². The van der Waals surface area contributed by atoms with Crippen molar-refractivity contribution in [2.75, 3.05) is 19.7 Å². The molecule has 78 valence electrons. The molecule has 0 aromatic carbocycles. The number of hydrogen-bond acceptors (Lipinski definition) is 3. The van der Waals surface area contributed by atoms with Crippen LogP contribution in [0.15, 0.2) is 0 Å². The van der Waals surface area contributed by atoms with Gasteiger partial charge in [-0.25, -0.2) is 0 Å². The summed E-state index contributed by atoms with van der Waals surface area (Å²) in [7, 11) is 0. The molecule has 0 bridgehead atoms. The van der Waals surface area contributed by atoms with Gasteiger partial charge >= 0.3 is 0 Å². The van der Waals surface area contributed by atoms with E-state index in [0.29, 0.717) is 19.6 Å². The molecule has 0 aromatic heterocycles. The molecule has 1 aliphatic rings. The summed E-state index contributed by atoms with van der Waals surface area (Å²) in [5, 5.41) is 2.92. The number of ether oxygens (including phenoxy) is 2. The third-order valence-corrected chi connectivity index (χ3v) is 2.33. The first-order chi connectivity index (χ1) is 6.93. The molecule has 13 heavy (non-hydrogen) atoms. The molecule has 1 fully saturated rings. The minimum absolute atomic E-state index is 0.0765. The Morgan fingerprint density at radius 3 is 2.46 bits per heavy atom. The minimum Gasteiger partial charge on any atom is -0.349 e. The molecule has 1 heterocycles. The Labute approximate surface area is 83.6 Å². The SMILES string of the molecule is [2H]C1([2H])CCC(C(C)(OCC)OCC)N1. The van der Waals surface area contributed by atoms with Crippen molar-refractivity contribution in [2.45, 2.75) is 45.4 Å². The Morgan fingerprint density at radius 2 is 2.08 bits per heavy atom. The predicted octanol–water partition coefficient (Wildman–Crippen LogP) is 1.53. The smallest absolute Gasteiger partial charge is 0.180 e. The van der Waals surface area contributed by atoms with Crippen molar-refractivity contribution >= 4 is 0 Å². The van der Waals surface area contributed by atoms with E-state index >= 15 is 0 Å². The lowest BCUT2D eigenvalue weighted by Crippen LogP contribution is -2.49. The number of hydrogen-bond donors (Lipinski definition) is 1. The Kier molecular flexibility index (Phi) is 3.12. The van der Waals surface area contributed by atoms with E-state index < -0.39 is 12.3 Å². The Balaban J connectivity index is 2.64. The second kappa shape index (κ2) is 4.94. The molecule has 0 radical (unpaired) electrons.